The summed E-state index contributed by atoms with van der Waals surface area (Å²) >= 11 is 12.0. The highest BCUT2D eigenvalue weighted by Crippen LogP contribution is 2.29. The van der Waals surface area contributed by atoms with Gasteiger partial charge in [-0.25, -0.2) is 0 Å². The number of benzene rings is 1. The van der Waals surface area contributed by atoms with E-state index in [-0.39, 0.29) is 0 Å². The molecule has 17 heavy (non-hydrogen) atoms. The molecule has 1 aromatic rings. The number of rotatable bonds is 8. The van der Waals surface area contributed by atoms with Gasteiger partial charge in [0.05, 0.1) is 28.9 Å². The number of halogens is 2. The van der Waals surface area contributed by atoms with Crippen molar-refractivity contribution in [2.75, 3.05) is 38.8 Å². The molecule has 0 saturated carbocycles. The predicted molar refractivity (Wildman–Crippen MR) is 72.3 cm³/mol. The number of ether oxygens (including phenoxy) is 2. The average molecular weight is 278 g/mol. The van der Waals surface area contributed by atoms with Crippen molar-refractivity contribution in [1.29, 1.82) is 0 Å². The highest BCUT2D eigenvalue weighted by atomic mass is 35.5. The molecule has 0 saturated heterocycles. The normalized spacial score (nSPS) is 10.5. The maximum atomic E-state index is 6.02. The van der Waals surface area contributed by atoms with E-state index in [2.05, 4.69) is 5.32 Å². The predicted octanol–water partition coefficient (Wildman–Crippen LogP) is 3.46. The molecule has 0 aliphatic carbocycles. The molecule has 1 N–H and O–H groups in total. The Morgan fingerprint density at radius 1 is 1.12 bits per heavy atom. The third kappa shape index (κ3) is 5.59. The van der Waals surface area contributed by atoms with E-state index in [1.165, 1.54) is 0 Å². The van der Waals surface area contributed by atoms with Crippen molar-refractivity contribution < 1.29 is 9.47 Å². The molecule has 0 radical (unpaired) electrons. The van der Waals surface area contributed by atoms with Gasteiger partial charge in [-0.3, -0.25) is 0 Å². The third-order valence-corrected chi connectivity index (χ3v) is 2.79. The summed E-state index contributed by atoms with van der Waals surface area (Å²) in [6.07, 6.45) is 0.894. The molecule has 0 bridgehead atoms. The van der Waals surface area contributed by atoms with Gasteiger partial charge in [0.15, 0.2) is 0 Å². The van der Waals surface area contributed by atoms with Crippen LogP contribution in [0.4, 0.5) is 5.69 Å². The molecule has 1 aromatic carbocycles. The topological polar surface area (TPSA) is 30.5 Å². The van der Waals surface area contributed by atoms with E-state index in [0.717, 1.165) is 18.7 Å². The molecule has 0 amide bonds. The second kappa shape index (κ2) is 8.59. The minimum absolute atomic E-state index is 0.628. The summed E-state index contributed by atoms with van der Waals surface area (Å²) in [5, 5.41) is 4.47. The quantitative estimate of drug-likeness (QED) is 0.739. The van der Waals surface area contributed by atoms with Crippen molar-refractivity contribution in [1.82, 2.24) is 0 Å². The van der Waals surface area contributed by atoms with Crippen LogP contribution >= 0.6 is 23.2 Å². The Bertz CT molecular complexity index is 314. The Morgan fingerprint density at radius 2 is 1.82 bits per heavy atom. The van der Waals surface area contributed by atoms with Crippen LogP contribution in [0.1, 0.15) is 6.42 Å². The Kier molecular flexibility index (Phi) is 7.37. The summed E-state index contributed by atoms with van der Waals surface area (Å²) in [5.41, 5.74) is 0.785. The van der Waals surface area contributed by atoms with Crippen molar-refractivity contribution >= 4 is 28.9 Å². The van der Waals surface area contributed by atoms with E-state index < -0.39 is 0 Å². The summed E-state index contributed by atoms with van der Waals surface area (Å²) in [5.74, 6) is 0. The fourth-order valence-electron chi connectivity index (χ4n) is 1.30. The first kappa shape index (κ1) is 14.6. The van der Waals surface area contributed by atoms with Crippen LogP contribution in [0.3, 0.4) is 0 Å². The molecule has 0 aliphatic rings. The van der Waals surface area contributed by atoms with E-state index in [0.29, 0.717) is 29.9 Å². The highest BCUT2D eigenvalue weighted by Gasteiger charge is 2.03. The summed E-state index contributed by atoms with van der Waals surface area (Å²) in [4.78, 5) is 0. The van der Waals surface area contributed by atoms with Gasteiger partial charge >= 0.3 is 0 Å². The summed E-state index contributed by atoms with van der Waals surface area (Å²) in [6.45, 7) is 2.72. The van der Waals surface area contributed by atoms with E-state index in [1.54, 1.807) is 7.11 Å². The Balaban J connectivity index is 2.18. The van der Waals surface area contributed by atoms with Crippen LogP contribution < -0.4 is 5.32 Å². The first-order chi connectivity index (χ1) is 8.25. The van der Waals surface area contributed by atoms with Gasteiger partial charge in [-0.1, -0.05) is 29.3 Å². The zero-order valence-electron chi connectivity index (χ0n) is 9.84. The van der Waals surface area contributed by atoms with Crippen LogP contribution in [0.2, 0.25) is 10.0 Å². The molecule has 0 aromatic heterocycles. The van der Waals surface area contributed by atoms with Crippen LogP contribution in [0.15, 0.2) is 18.2 Å². The van der Waals surface area contributed by atoms with Gasteiger partial charge in [-0.15, -0.1) is 0 Å². The summed E-state index contributed by atoms with van der Waals surface area (Å²) < 4.78 is 10.2. The second-order valence-electron chi connectivity index (χ2n) is 3.48. The number of nitrogens with one attached hydrogen (secondary N) is 1. The number of methoxy groups -OCH3 is 1. The zero-order valence-corrected chi connectivity index (χ0v) is 11.4. The molecular weight excluding hydrogens is 261 g/mol. The molecule has 0 aliphatic heterocycles. The molecule has 0 heterocycles. The lowest BCUT2D eigenvalue weighted by Crippen LogP contribution is -2.08. The number of para-hydroxylation sites is 1. The number of hydrogen-bond donors (Lipinski definition) is 1. The molecule has 0 atom stereocenters. The Morgan fingerprint density at radius 3 is 2.47 bits per heavy atom. The number of anilines is 1. The standard InChI is InChI=1S/C12H17Cl2NO2/c1-16-8-9-17-7-3-6-15-12-10(13)4-2-5-11(12)14/h2,4-5,15H,3,6-9H2,1H3. The van der Waals surface area contributed by atoms with Crippen LogP contribution in [-0.2, 0) is 9.47 Å². The lowest BCUT2D eigenvalue weighted by molar-refractivity contribution is 0.0705. The van der Waals surface area contributed by atoms with E-state index in [9.17, 15) is 0 Å². The molecule has 3 nitrogen and oxygen atoms in total. The van der Waals surface area contributed by atoms with E-state index in [4.69, 9.17) is 32.7 Å². The maximum Gasteiger partial charge on any atom is 0.0718 e. The zero-order chi connectivity index (χ0) is 12.5. The molecule has 0 spiro atoms. The maximum absolute atomic E-state index is 6.02. The average Bonchev–Trinajstić information content (AvgIpc) is 2.31. The molecule has 5 heteroatoms. The van der Waals surface area contributed by atoms with Crippen LogP contribution in [0.5, 0.6) is 0 Å². The Labute approximate surface area is 112 Å². The van der Waals surface area contributed by atoms with Crippen molar-refractivity contribution in [2.24, 2.45) is 0 Å². The largest absolute Gasteiger partial charge is 0.383 e. The van der Waals surface area contributed by atoms with Gasteiger partial charge in [0.1, 0.15) is 0 Å². The van der Waals surface area contributed by atoms with Crippen LogP contribution in [0, 0.1) is 0 Å². The lowest BCUT2D eigenvalue weighted by Gasteiger charge is -2.10. The van der Waals surface area contributed by atoms with Crippen molar-refractivity contribution in [3.63, 3.8) is 0 Å². The fraction of sp³-hybridized carbons (Fsp3) is 0.500. The van der Waals surface area contributed by atoms with Gasteiger partial charge in [0.25, 0.3) is 0 Å². The molecule has 96 valence electrons. The van der Waals surface area contributed by atoms with E-state index in [1.807, 2.05) is 18.2 Å². The van der Waals surface area contributed by atoms with Gasteiger partial charge < -0.3 is 14.8 Å². The molecule has 0 unspecified atom stereocenters. The Hall–Kier alpha value is -0.480. The fourth-order valence-corrected chi connectivity index (χ4v) is 1.83. The lowest BCUT2D eigenvalue weighted by atomic mass is 10.3. The van der Waals surface area contributed by atoms with E-state index >= 15 is 0 Å². The molecule has 0 fully saturated rings. The molecular formula is C12H17Cl2NO2. The van der Waals surface area contributed by atoms with Crippen molar-refractivity contribution in [2.45, 2.75) is 6.42 Å². The van der Waals surface area contributed by atoms with Gasteiger partial charge in [-0.05, 0) is 18.6 Å². The van der Waals surface area contributed by atoms with Gasteiger partial charge in [0.2, 0.25) is 0 Å². The van der Waals surface area contributed by atoms with Crippen molar-refractivity contribution in [3.8, 4) is 0 Å². The van der Waals surface area contributed by atoms with Gasteiger partial charge in [0, 0.05) is 20.3 Å². The third-order valence-electron chi connectivity index (χ3n) is 2.16. The highest BCUT2D eigenvalue weighted by molar-refractivity contribution is 6.39. The summed E-state index contributed by atoms with van der Waals surface area (Å²) in [7, 11) is 1.66. The summed E-state index contributed by atoms with van der Waals surface area (Å²) in [6, 6.07) is 5.44. The molecule has 1 rings (SSSR count). The minimum Gasteiger partial charge on any atom is -0.383 e. The van der Waals surface area contributed by atoms with Crippen molar-refractivity contribution in [3.05, 3.63) is 28.2 Å². The van der Waals surface area contributed by atoms with Crippen LogP contribution in [0.25, 0.3) is 0 Å². The first-order valence-corrected chi connectivity index (χ1v) is 6.26. The first-order valence-electron chi connectivity index (χ1n) is 5.50. The monoisotopic (exact) mass is 277 g/mol. The minimum atomic E-state index is 0.628. The van der Waals surface area contributed by atoms with Gasteiger partial charge in [-0.2, -0.15) is 0 Å². The second-order valence-corrected chi connectivity index (χ2v) is 4.30. The smallest absolute Gasteiger partial charge is 0.0718 e. The van der Waals surface area contributed by atoms with Crippen LogP contribution in [-0.4, -0.2) is 33.5 Å². The SMILES string of the molecule is COCCOCCCNc1c(Cl)cccc1Cl. The number of hydrogen-bond acceptors (Lipinski definition) is 3.